The number of allylic oxidation sites excluding steroid dienone is 3. The first kappa shape index (κ1) is 18.2. The molecule has 1 atom stereocenters. The van der Waals surface area contributed by atoms with Crippen molar-refractivity contribution in [3.05, 3.63) is 54.3 Å². The molecule has 0 saturated heterocycles. The fourth-order valence-electron chi connectivity index (χ4n) is 2.23. The molecule has 1 aliphatic rings. The fraction of sp³-hybridized carbons (Fsp3) is 0.211. The van der Waals surface area contributed by atoms with Gasteiger partial charge in [0.05, 0.1) is 7.11 Å². The zero-order valence-electron chi connectivity index (χ0n) is 14.0. The number of ketones is 2. The minimum absolute atomic E-state index is 0.183. The van der Waals surface area contributed by atoms with Gasteiger partial charge >= 0.3 is 5.97 Å². The smallest absolute Gasteiger partial charge is 0.329 e. The molecule has 6 heteroatoms. The van der Waals surface area contributed by atoms with Crippen molar-refractivity contribution in [3.8, 4) is 11.5 Å². The van der Waals surface area contributed by atoms with E-state index in [1.807, 2.05) is 0 Å². The Hall–Kier alpha value is -3.15. The van der Waals surface area contributed by atoms with Crippen molar-refractivity contribution in [2.24, 2.45) is 5.92 Å². The molecule has 0 bridgehead atoms. The highest BCUT2D eigenvalue weighted by Crippen LogP contribution is 2.28. The number of rotatable bonds is 7. The van der Waals surface area contributed by atoms with Crippen molar-refractivity contribution in [1.82, 2.24) is 0 Å². The summed E-state index contributed by atoms with van der Waals surface area (Å²) in [6, 6.07) is 5.08. The Bertz CT molecular complexity index is 772. The molecule has 0 saturated carbocycles. The Morgan fingerprint density at radius 3 is 2.72 bits per heavy atom. The van der Waals surface area contributed by atoms with Crippen LogP contribution in [0.1, 0.15) is 12.5 Å². The summed E-state index contributed by atoms with van der Waals surface area (Å²) in [6.45, 7) is 5.39. The lowest BCUT2D eigenvalue weighted by Gasteiger charge is -2.15. The van der Waals surface area contributed by atoms with E-state index >= 15 is 0 Å². The molecule has 1 aromatic rings. The predicted octanol–water partition coefficient (Wildman–Crippen LogP) is 2.49. The van der Waals surface area contributed by atoms with E-state index in [0.717, 1.165) is 6.08 Å². The zero-order valence-corrected chi connectivity index (χ0v) is 14.0. The average Bonchev–Trinajstić information content (AvgIpc) is 2.57. The summed E-state index contributed by atoms with van der Waals surface area (Å²) >= 11 is 0. The summed E-state index contributed by atoms with van der Waals surface area (Å²) < 4.78 is 15.5. The number of ether oxygens (including phenoxy) is 3. The van der Waals surface area contributed by atoms with Crippen molar-refractivity contribution >= 4 is 23.6 Å². The quantitative estimate of drug-likeness (QED) is 0.328. The Morgan fingerprint density at radius 2 is 2.08 bits per heavy atom. The first-order valence-electron chi connectivity index (χ1n) is 7.53. The third kappa shape index (κ3) is 4.44. The molecule has 1 heterocycles. The maximum atomic E-state index is 12.2. The molecule has 0 fully saturated rings. The Morgan fingerprint density at radius 1 is 1.32 bits per heavy atom. The van der Waals surface area contributed by atoms with Crippen molar-refractivity contribution in [2.75, 3.05) is 13.7 Å². The number of hydrogen-bond acceptors (Lipinski definition) is 6. The van der Waals surface area contributed by atoms with Crippen LogP contribution in [-0.4, -0.2) is 31.3 Å². The molecule has 0 radical (unpaired) electrons. The molecule has 25 heavy (non-hydrogen) atoms. The standard InChI is InChI=1S/C19H18O6/c1-4-9-24-16-8-6-13(11-17(16)23-3)5-7-14(20)18-15(21)10-12(2)25-19(18)22/h4-8,10-11,18H,1,9H2,2-3H3/b7-5-/t18-/m1/s1. The van der Waals surface area contributed by atoms with Crippen molar-refractivity contribution in [3.63, 3.8) is 0 Å². The molecule has 0 aliphatic carbocycles. The van der Waals surface area contributed by atoms with E-state index in [-0.39, 0.29) is 5.76 Å². The van der Waals surface area contributed by atoms with Gasteiger partial charge in [0.1, 0.15) is 12.4 Å². The van der Waals surface area contributed by atoms with Crippen LogP contribution in [0.5, 0.6) is 11.5 Å². The number of methoxy groups -OCH3 is 1. The van der Waals surface area contributed by atoms with E-state index in [0.29, 0.717) is 23.7 Å². The normalized spacial score (nSPS) is 17.0. The number of esters is 1. The summed E-state index contributed by atoms with van der Waals surface area (Å²) in [6.07, 6.45) is 5.43. The van der Waals surface area contributed by atoms with Crippen LogP contribution in [-0.2, 0) is 19.1 Å². The highest BCUT2D eigenvalue weighted by Gasteiger charge is 2.36. The second kappa shape index (κ2) is 8.10. The molecule has 2 rings (SSSR count). The topological polar surface area (TPSA) is 78.9 Å². The number of benzene rings is 1. The molecular weight excluding hydrogens is 324 g/mol. The van der Waals surface area contributed by atoms with Gasteiger partial charge < -0.3 is 14.2 Å². The Balaban J connectivity index is 2.15. The highest BCUT2D eigenvalue weighted by atomic mass is 16.5. The van der Waals surface area contributed by atoms with Gasteiger partial charge in [-0.3, -0.25) is 14.4 Å². The van der Waals surface area contributed by atoms with E-state index in [9.17, 15) is 14.4 Å². The first-order valence-corrected chi connectivity index (χ1v) is 7.53. The molecule has 0 aromatic heterocycles. The van der Waals surface area contributed by atoms with Gasteiger partial charge in [-0.15, -0.1) is 0 Å². The van der Waals surface area contributed by atoms with Crippen LogP contribution in [0.4, 0.5) is 0 Å². The van der Waals surface area contributed by atoms with Gasteiger partial charge in [0.15, 0.2) is 29.0 Å². The molecule has 6 nitrogen and oxygen atoms in total. The second-order valence-electron chi connectivity index (χ2n) is 5.26. The maximum Gasteiger partial charge on any atom is 0.329 e. The summed E-state index contributed by atoms with van der Waals surface area (Å²) in [7, 11) is 1.50. The lowest BCUT2D eigenvalue weighted by atomic mass is 9.96. The fourth-order valence-corrected chi connectivity index (χ4v) is 2.23. The monoisotopic (exact) mass is 342 g/mol. The van der Waals surface area contributed by atoms with Gasteiger partial charge in [0, 0.05) is 6.08 Å². The predicted molar refractivity (Wildman–Crippen MR) is 91.1 cm³/mol. The SMILES string of the molecule is C=CCOc1ccc(/C=C\C(=O)[C@@H]2C(=O)C=C(C)OC2=O)cc1OC. The lowest BCUT2D eigenvalue weighted by molar-refractivity contribution is -0.151. The highest BCUT2D eigenvalue weighted by molar-refractivity contribution is 6.25. The zero-order chi connectivity index (χ0) is 18.4. The Kier molecular flexibility index (Phi) is 5.89. The number of carbonyl (C=O) groups is 3. The van der Waals surface area contributed by atoms with Gasteiger partial charge in [-0.2, -0.15) is 0 Å². The van der Waals surface area contributed by atoms with E-state index in [2.05, 4.69) is 6.58 Å². The van der Waals surface area contributed by atoms with Crippen LogP contribution >= 0.6 is 0 Å². The summed E-state index contributed by atoms with van der Waals surface area (Å²) in [4.78, 5) is 35.7. The van der Waals surface area contributed by atoms with Crippen LogP contribution in [0.25, 0.3) is 6.08 Å². The Labute approximate surface area is 145 Å². The molecular formula is C19H18O6. The number of hydrogen-bond donors (Lipinski definition) is 0. The summed E-state index contributed by atoms with van der Waals surface area (Å²) in [5, 5.41) is 0. The van der Waals surface area contributed by atoms with Crippen molar-refractivity contribution in [1.29, 1.82) is 0 Å². The van der Waals surface area contributed by atoms with E-state index in [1.54, 1.807) is 24.3 Å². The van der Waals surface area contributed by atoms with Crippen LogP contribution in [0, 0.1) is 5.92 Å². The lowest BCUT2D eigenvalue weighted by Crippen LogP contribution is -2.34. The van der Waals surface area contributed by atoms with Gasteiger partial charge in [0.25, 0.3) is 0 Å². The van der Waals surface area contributed by atoms with E-state index < -0.39 is 23.5 Å². The van der Waals surface area contributed by atoms with E-state index in [4.69, 9.17) is 14.2 Å². The second-order valence-corrected chi connectivity index (χ2v) is 5.26. The molecule has 0 unspecified atom stereocenters. The first-order chi connectivity index (χ1) is 12.0. The van der Waals surface area contributed by atoms with Gasteiger partial charge in [-0.05, 0) is 30.7 Å². The van der Waals surface area contributed by atoms with Crippen LogP contribution in [0.2, 0.25) is 0 Å². The van der Waals surface area contributed by atoms with Gasteiger partial charge in [-0.25, -0.2) is 0 Å². The molecule has 1 aliphatic heterocycles. The number of cyclic esters (lactones) is 1. The summed E-state index contributed by atoms with van der Waals surface area (Å²) in [5.74, 6) is -2.30. The molecule has 0 amide bonds. The molecule has 0 N–H and O–H groups in total. The van der Waals surface area contributed by atoms with E-state index in [1.165, 1.54) is 26.2 Å². The minimum Gasteiger partial charge on any atom is -0.493 e. The molecule has 1 aromatic carbocycles. The molecule has 0 spiro atoms. The average molecular weight is 342 g/mol. The summed E-state index contributed by atoms with van der Waals surface area (Å²) in [5.41, 5.74) is 0.652. The van der Waals surface area contributed by atoms with Crippen LogP contribution < -0.4 is 9.47 Å². The minimum atomic E-state index is -1.45. The number of carbonyl (C=O) groups excluding carboxylic acids is 3. The van der Waals surface area contributed by atoms with Crippen LogP contribution in [0.3, 0.4) is 0 Å². The molecule has 130 valence electrons. The van der Waals surface area contributed by atoms with Crippen molar-refractivity contribution < 1.29 is 28.6 Å². The third-order valence-electron chi connectivity index (χ3n) is 3.40. The largest absolute Gasteiger partial charge is 0.493 e. The van der Waals surface area contributed by atoms with Gasteiger partial charge in [-0.1, -0.05) is 24.8 Å². The third-order valence-corrected chi connectivity index (χ3v) is 3.40. The van der Waals surface area contributed by atoms with Crippen LogP contribution in [0.15, 0.2) is 48.8 Å². The maximum absolute atomic E-state index is 12.2. The van der Waals surface area contributed by atoms with Crippen molar-refractivity contribution in [2.45, 2.75) is 6.92 Å². The van der Waals surface area contributed by atoms with Gasteiger partial charge in [0.2, 0.25) is 0 Å².